The van der Waals surface area contributed by atoms with Crippen LogP contribution in [0.15, 0.2) is 40.9 Å². The third-order valence-corrected chi connectivity index (χ3v) is 3.93. The first kappa shape index (κ1) is 18.6. The number of nitrogens with zero attached hydrogens (tertiary/aromatic N) is 2. The van der Waals surface area contributed by atoms with Crippen LogP contribution in [0.25, 0.3) is 0 Å². The van der Waals surface area contributed by atoms with Crippen molar-refractivity contribution in [3.05, 3.63) is 35.8 Å². The Hall–Kier alpha value is -1.74. The molecule has 0 aromatic heterocycles. The number of hydrogen-bond donors (Lipinski definition) is 2. The molecule has 132 valence electrons. The van der Waals surface area contributed by atoms with Gasteiger partial charge in [0.25, 0.3) is 5.72 Å². The molecule has 4 nitrogen and oxygen atoms in total. The summed E-state index contributed by atoms with van der Waals surface area (Å²) in [5, 5.41) is 16.1. The van der Waals surface area contributed by atoms with Gasteiger partial charge in [-0.15, -0.1) is 0 Å². The highest BCUT2D eigenvalue weighted by Gasteiger charge is 2.62. The summed E-state index contributed by atoms with van der Waals surface area (Å²) in [7, 11) is 0. The first-order valence-electron chi connectivity index (χ1n) is 7.27. The zero-order valence-electron chi connectivity index (χ0n) is 13.1. The number of thiocarbonyl (C=S) groups is 1. The second-order valence-electron chi connectivity index (χ2n) is 5.78. The van der Waals surface area contributed by atoms with Crippen LogP contribution in [0, 0.1) is 5.92 Å². The van der Waals surface area contributed by atoms with E-state index in [0.717, 1.165) is 6.08 Å². The average molecular weight is 363 g/mol. The van der Waals surface area contributed by atoms with Crippen molar-refractivity contribution in [3.8, 4) is 0 Å². The maximum absolute atomic E-state index is 13.9. The number of nitrogens with one attached hydrogen (secondary N) is 1. The van der Waals surface area contributed by atoms with Gasteiger partial charge in [0.15, 0.2) is 5.11 Å². The standard InChI is InChI=1S/C15H17F4N3OS/c1-9(2)12-8-14(23,15(17,18)19)22(21-12)13(24)20-11-7-5-3-4-6-10(11)16/h3-4,6-7,9,23H,5,8H2,1-2H3,(H,20,24). The van der Waals surface area contributed by atoms with E-state index < -0.39 is 29.3 Å². The van der Waals surface area contributed by atoms with E-state index >= 15 is 0 Å². The highest BCUT2D eigenvalue weighted by Crippen LogP contribution is 2.41. The van der Waals surface area contributed by atoms with Gasteiger partial charge in [0.1, 0.15) is 5.83 Å². The fraction of sp³-hybridized carbons (Fsp3) is 0.467. The second kappa shape index (κ2) is 6.64. The van der Waals surface area contributed by atoms with Gasteiger partial charge < -0.3 is 10.4 Å². The quantitative estimate of drug-likeness (QED) is 0.582. The van der Waals surface area contributed by atoms with Crippen LogP contribution < -0.4 is 5.32 Å². The molecule has 0 bridgehead atoms. The van der Waals surface area contributed by atoms with Gasteiger partial charge in [-0.1, -0.05) is 32.1 Å². The maximum Gasteiger partial charge on any atom is 0.438 e. The summed E-state index contributed by atoms with van der Waals surface area (Å²) in [6.45, 7) is 3.33. The number of halogens is 4. The van der Waals surface area contributed by atoms with E-state index in [1.54, 1.807) is 19.9 Å². The molecule has 1 unspecified atom stereocenters. The van der Waals surface area contributed by atoms with Crippen molar-refractivity contribution in [2.24, 2.45) is 11.0 Å². The second-order valence-corrected chi connectivity index (χ2v) is 6.16. The zero-order chi connectivity index (χ0) is 18.1. The zero-order valence-corrected chi connectivity index (χ0v) is 13.9. The van der Waals surface area contributed by atoms with Crippen molar-refractivity contribution in [1.29, 1.82) is 0 Å². The van der Waals surface area contributed by atoms with E-state index in [2.05, 4.69) is 10.4 Å². The molecule has 0 fully saturated rings. The van der Waals surface area contributed by atoms with Crippen LogP contribution in [0.4, 0.5) is 17.6 Å². The van der Waals surface area contributed by atoms with Crippen molar-refractivity contribution < 1.29 is 22.7 Å². The molecule has 0 aromatic rings. The number of hydrazone groups is 1. The van der Waals surface area contributed by atoms with Gasteiger partial charge in [0, 0.05) is 12.1 Å². The van der Waals surface area contributed by atoms with E-state index in [1.165, 1.54) is 12.2 Å². The summed E-state index contributed by atoms with van der Waals surface area (Å²) in [4.78, 5) is 0. The van der Waals surface area contributed by atoms with Crippen LogP contribution in [-0.2, 0) is 0 Å². The van der Waals surface area contributed by atoms with Gasteiger partial charge in [-0.3, -0.25) is 0 Å². The lowest BCUT2D eigenvalue weighted by molar-refractivity contribution is -0.294. The van der Waals surface area contributed by atoms with Gasteiger partial charge >= 0.3 is 6.18 Å². The molecular formula is C15H17F4N3OS. The fourth-order valence-electron chi connectivity index (χ4n) is 2.21. The molecule has 2 N–H and O–H groups in total. The summed E-state index contributed by atoms with van der Waals surface area (Å²) >= 11 is 4.94. The van der Waals surface area contributed by atoms with Crippen molar-refractivity contribution in [2.45, 2.75) is 38.6 Å². The Morgan fingerprint density at radius 2 is 2.12 bits per heavy atom. The molecule has 0 aromatic carbocycles. The Labute approximate surface area is 142 Å². The molecule has 1 aliphatic carbocycles. The summed E-state index contributed by atoms with van der Waals surface area (Å²) in [5.41, 5.74) is -3.16. The normalized spacial score (nSPS) is 24.5. The molecular weight excluding hydrogens is 346 g/mol. The van der Waals surface area contributed by atoms with Crippen molar-refractivity contribution in [2.75, 3.05) is 0 Å². The summed E-state index contributed by atoms with van der Waals surface area (Å²) in [5.74, 6) is -0.974. The van der Waals surface area contributed by atoms with Crippen molar-refractivity contribution in [1.82, 2.24) is 10.3 Å². The molecule has 9 heteroatoms. The number of alkyl halides is 3. The molecule has 2 aliphatic rings. The monoisotopic (exact) mass is 363 g/mol. The van der Waals surface area contributed by atoms with Gasteiger partial charge in [-0.05, 0) is 30.6 Å². The minimum absolute atomic E-state index is 0.0669. The number of allylic oxidation sites excluding steroid dienone is 5. The average Bonchev–Trinajstić information content (AvgIpc) is 2.73. The molecule has 2 rings (SSSR count). The SMILES string of the molecule is CC(C)C1=NN(C(=S)NC2=CCC=CC=C2F)C(O)(C(F)(F)F)C1. The molecule has 0 radical (unpaired) electrons. The van der Waals surface area contributed by atoms with E-state index in [4.69, 9.17) is 12.2 Å². The highest BCUT2D eigenvalue weighted by molar-refractivity contribution is 7.80. The summed E-state index contributed by atoms with van der Waals surface area (Å²) < 4.78 is 53.9. The van der Waals surface area contributed by atoms with Crippen LogP contribution in [0.2, 0.25) is 0 Å². The number of rotatable bonds is 2. The third-order valence-electron chi connectivity index (χ3n) is 3.65. The van der Waals surface area contributed by atoms with E-state index in [-0.39, 0.29) is 17.3 Å². The molecule has 1 aliphatic heterocycles. The maximum atomic E-state index is 13.9. The van der Waals surface area contributed by atoms with Gasteiger partial charge in [-0.25, -0.2) is 4.39 Å². The van der Waals surface area contributed by atoms with Crippen LogP contribution in [0.5, 0.6) is 0 Å². The van der Waals surface area contributed by atoms with Gasteiger partial charge in [-0.2, -0.15) is 23.3 Å². The number of hydrogen-bond acceptors (Lipinski definition) is 3. The van der Waals surface area contributed by atoms with Gasteiger partial charge in [0.05, 0.1) is 5.70 Å². The summed E-state index contributed by atoms with van der Waals surface area (Å²) in [6, 6.07) is 0. The Kier molecular flexibility index (Phi) is 5.14. The highest BCUT2D eigenvalue weighted by atomic mass is 32.1. The Balaban J connectivity index is 2.29. The van der Waals surface area contributed by atoms with E-state index in [0.29, 0.717) is 11.4 Å². The first-order chi connectivity index (χ1) is 11.1. The lowest BCUT2D eigenvalue weighted by Gasteiger charge is -2.34. The molecule has 0 saturated carbocycles. The van der Waals surface area contributed by atoms with Crippen molar-refractivity contribution in [3.63, 3.8) is 0 Å². The van der Waals surface area contributed by atoms with E-state index in [9.17, 15) is 22.7 Å². The van der Waals surface area contributed by atoms with Crippen molar-refractivity contribution >= 4 is 23.0 Å². The largest absolute Gasteiger partial charge is 0.438 e. The topological polar surface area (TPSA) is 47.9 Å². The van der Waals surface area contributed by atoms with E-state index in [1.807, 2.05) is 0 Å². The Morgan fingerprint density at radius 1 is 1.46 bits per heavy atom. The lowest BCUT2D eigenvalue weighted by atomic mass is 9.99. The summed E-state index contributed by atoms with van der Waals surface area (Å²) in [6.07, 6.45) is 0.462. The molecule has 0 spiro atoms. The third kappa shape index (κ3) is 3.51. The van der Waals surface area contributed by atoms with Crippen LogP contribution >= 0.6 is 12.2 Å². The predicted molar refractivity (Wildman–Crippen MR) is 86.5 cm³/mol. The molecule has 1 heterocycles. The number of aliphatic hydroxyl groups is 1. The Bertz CT molecular complexity index is 652. The minimum atomic E-state index is -4.98. The molecule has 1 atom stereocenters. The molecule has 0 amide bonds. The first-order valence-corrected chi connectivity index (χ1v) is 7.67. The van der Waals surface area contributed by atoms with Crippen LogP contribution in [0.1, 0.15) is 26.7 Å². The van der Waals surface area contributed by atoms with Crippen LogP contribution in [-0.4, -0.2) is 32.8 Å². The minimum Gasteiger partial charge on any atom is -0.362 e. The lowest BCUT2D eigenvalue weighted by Crippen LogP contribution is -2.58. The predicted octanol–water partition coefficient (Wildman–Crippen LogP) is 3.53. The fourth-order valence-corrected chi connectivity index (χ4v) is 2.51. The van der Waals surface area contributed by atoms with Gasteiger partial charge in [0.2, 0.25) is 0 Å². The smallest absolute Gasteiger partial charge is 0.362 e. The Morgan fingerprint density at radius 3 is 2.71 bits per heavy atom. The van der Waals surface area contributed by atoms with Crippen LogP contribution in [0.3, 0.4) is 0 Å². The molecule has 0 saturated heterocycles. The molecule has 24 heavy (non-hydrogen) atoms.